The van der Waals surface area contributed by atoms with Gasteiger partial charge in [-0.3, -0.25) is 24.1 Å². The topological polar surface area (TPSA) is 99.3 Å². The normalized spacial score (nSPS) is 15.2. The highest BCUT2D eigenvalue weighted by Gasteiger charge is 2.34. The third-order valence-electron chi connectivity index (χ3n) is 4.89. The van der Waals surface area contributed by atoms with Crippen molar-refractivity contribution < 1.29 is 19.2 Å². The minimum absolute atomic E-state index is 0.0694. The Bertz CT molecular complexity index is 1070. The molecule has 1 fully saturated rings. The number of aryl methyl sites for hydroxylation is 2. The number of amides is 3. The van der Waals surface area contributed by atoms with Gasteiger partial charge >= 0.3 is 0 Å². The van der Waals surface area contributed by atoms with Crippen LogP contribution in [0.3, 0.4) is 0 Å². The first-order valence-corrected chi connectivity index (χ1v) is 10.3. The van der Waals surface area contributed by atoms with E-state index in [0.29, 0.717) is 27.4 Å². The molecule has 0 unspecified atom stereocenters. The SMILES string of the molecule is CC(=O)c1c(C)[nH]c(C(=O)NCCN2C(=O)S/C(=C\c3ccc(C)cc3)C2=O)c1C. The Morgan fingerprint density at radius 2 is 1.80 bits per heavy atom. The number of H-pyrrole nitrogens is 1. The highest BCUT2D eigenvalue weighted by molar-refractivity contribution is 8.18. The van der Waals surface area contributed by atoms with Gasteiger partial charge in [-0.15, -0.1) is 0 Å². The summed E-state index contributed by atoms with van der Waals surface area (Å²) >= 11 is 0.889. The van der Waals surface area contributed by atoms with Crippen molar-refractivity contribution >= 4 is 40.7 Å². The predicted molar refractivity (Wildman–Crippen MR) is 116 cm³/mol. The lowest BCUT2D eigenvalue weighted by molar-refractivity contribution is -0.122. The average molecular weight is 426 g/mol. The molecule has 2 N–H and O–H groups in total. The molecule has 3 rings (SSSR count). The van der Waals surface area contributed by atoms with Gasteiger partial charge in [0.05, 0.1) is 4.91 Å². The molecule has 1 aliphatic heterocycles. The molecule has 0 saturated carbocycles. The highest BCUT2D eigenvalue weighted by atomic mass is 32.2. The molecule has 0 aliphatic carbocycles. The Morgan fingerprint density at radius 1 is 1.13 bits per heavy atom. The van der Waals surface area contributed by atoms with Crippen molar-refractivity contribution in [2.24, 2.45) is 0 Å². The monoisotopic (exact) mass is 425 g/mol. The third-order valence-corrected chi connectivity index (χ3v) is 5.79. The van der Waals surface area contributed by atoms with Crippen molar-refractivity contribution in [1.29, 1.82) is 0 Å². The van der Waals surface area contributed by atoms with E-state index in [2.05, 4.69) is 10.3 Å². The summed E-state index contributed by atoms with van der Waals surface area (Å²) in [5.41, 5.74) is 4.00. The predicted octanol–water partition coefficient (Wildman–Crippen LogP) is 3.61. The smallest absolute Gasteiger partial charge is 0.293 e. The van der Waals surface area contributed by atoms with Crippen LogP contribution in [0.1, 0.15) is 50.2 Å². The van der Waals surface area contributed by atoms with Crippen molar-refractivity contribution in [3.05, 3.63) is 62.8 Å². The van der Waals surface area contributed by atoms with Crippen LogP contribution < -0.4 is 5.32 Å². The number of aromatic nitrogens is 1. The van der Waals surface area contributed by atoms with Crippen molar-refractivity contribution in [3.63, 3.8) is 0 Å². The minimum Gasteiger partial charge on any atom is -0.354 e. The van der Waals surface area contributed by atoms with Gasteiger partial charge in [0.2, 0.25) is 0 Å². The van der Waals surface area contributed by atoms with Crippen LogP contribution in [0.5, 0.6) is 0 Å². The molecule has 0 bridgehead atoms. The molecule has 0 spiro atoms. The third kappa shape index (κ3) is 4.38. The number of aromatic amines is 1. The van der Waals surface area contributed by atoms with E-state index in [1.165, 1.54) is 6.92 Å². The van der Waals surface area contributed by atoms with Gasteiger partial charge in [-0.05, 0) is 56.7 Å². The molecule has 1 aromatic heterocycles. The van der Waals surface area contributed by atoms with E-state index in [-0.39, 0.29) is 35.9 Å². The number of nitrogens with zero attached hydrogens (tertiary/aromatic N) is 1. The molecular weight excluding hydrogens is 402 g/mol. The lowest BCUT2D eigenvalue weighted by atomic mass is 10.1. The van der Waals surface area contributed by atoms with Crippen molar-refractivity contribution in [2.75, 3.05) is 13.1 Å². The summed E-state index contributed by atoms with van der Waals surface area (Å²) in [6.07, 6.45) is 1.69. The Kier molecular flexibility index (Phi) is 6.26. The maximum absolute atomic E-state index is 12.6. The minimum atomic E-state index is -0.384. The number of hydrogen-bond acceptors (Lipinski definition) is 5. The fraction of sp³-hybridized carbons (Fsp3) is 0.273. The number of benzene rings is 1. The summed E-state index contributed by atoms with van der Waals surface area (Å²) in [5.74, 6) is -0.866. The molecule has 0 radical (unpaired) electrons. The van der Waals surface area contributed by atoms with Gasteiger partial charge in [-0.2, -0.15) is 0 Å². The Balaban J connectivity index is 1.62. The number of imide groups is 1. The first-order chi connectivity index (χ1) is 14.2. The second-order valence-corrected chi connectivity index (χ2v) is 8.17. The van der Waals surface area contributed by atoms with Crippen molar-refractivity contribution in [3.8, 4) is 0 Å². The summed E-state index contributed by atoms with van der Waals surface area (Å²) in [6.45, 7) is 7.06. The molecule has 2 aromatic rings. The average Bonchev–Trinajstić information content (AvgIpc) is 3.13. The largest absolute Gasteiger partial charge is 0.354 e. The molecule has 8 heteroatoms. The number of nitrogens with one attached hydrogen (secondary N) is 2. The van der Waals surface area contributed by atoms with E-state index in [9.17, 15) is 19.2 Å². The van der Waals surface area contributed by atoms with Gasteiger partial charge in [0.15, 0.2) is 5.78 Å². The first kappa shape index (κ1) is 21.6. The van der Waals surface area contributed by atoms with Gasteiger partial charge in [-0.25, -0.2) is 0 Å². The number of ketones is 1. The first-order valence-electron chi connectivity index (χ1n) is 9.49. The van der Waals surface area contributed by atoms with Gasteiger partial charge in [-0.1, -0.05) is 29.8 Å². The maximum atomic E-state index is 12.6. The summed E-state index contributed by atoms with van der Waals surface area (Å²) in [5, 5.41) is 2.34. The van der Waals surface area contributed by atoms with Crippen molar-refractivity contribution in [1.82, 2.24) is 15.2 Å². The standard InChI is InChI=1S/C22H23N3O4S/c1-12-5-7-16(8-6-12)11-17-21(28)25(22(29)30-17)10-9-23-20(27)19-13(2)18(15(4)26)14(3)24-19/h5-8,11,24H,9-10H2,1-4H3,(H,23,27)/b17-11-. The lowest BCUT2D eigenvalue weighted by Gasteiger charge is -2.13. The summed E-state index contributed by atoms with van der Waals surface area (Å²) in [7, 11) is 0. The maximum Gasteiger partial charge on any atom is 0.293 e. The fourth-order valence-corrected chi connectivity index (χ4v) is 4.25. The van der Waals surface area contributed by atoms with E-state index in [1.807, 2.05) is 31.2 Å². The van der Waals surface area contributed by atoms with Crippen LogP contribution in [0, 0.1) is 20.8 Å². The number of carbonyl (C=O) groups excluding carboxylic acids is 4. The molecule has 156 valence electrons. The Morgan fingerprint density at radius 3 is 2.40 bits per heavy atom. The van der Waals surface area contributed by atoms with Gasteiger partial charge in [0.1, 0.15) is 5.69 Å². The van der Waals surface area contributed by atoms with E-state index in [1.54, 1.807) is 19.9 Å². The molecule has 0 atom stereocenters. The van der Waals surface area contributed by atoms with E-state index in [4.69, 9.17) is 0 Å². The van der Waals surface area contributed by atoms with E-state index >= 15 is 0 Å². The summed E-state index contributed by atoms with van der Waals surface area (Å²) in [6, 6.07) is 7.65. The number of hydrogen-bond donors (Lipinski definition) is 2. The molecule has 2 heterocycles. The van der Waals surface area contributed by atoms with Gasteiger partial charge < -0.3 is 10.3 Å². The zero-order valence-corrected chi connectivity index (χ0v) is 18.1. The molecule has 7 nitrogen and oxygen atoms in total. The van der Waals surface area contributed by atoms with E-state index < -0.39 is 0 Å². The Hall–Kier alpha value is -3.13. The van der Waals surface area contributed by atoms with Crippen LogP contribution in [-0.4, -0.2) is 45.8 Å². The van der Waals surface area contributed by atoms with Crippen LogP contribution in [0.2, 0.25) is 0 Å². The fourth-order valence-electron chi connectivity index (χ4n) is 3.38. The molecule has 1 saturated heterocycles. The zero-order chi connectivity index (χ0) is 22.0. The molecule has 3 amide bonds. The number of thioether (sulfide) groups is 1. The highest BCUT2D eigenvalue weighted by Crippen LogP contribution is 2.31. The summed E-state index contributed by atoms with van der Waals surface area (Å²) < 4.78 is 0. The number of carbonyl (C=O) groups is 4. The van der Waals surface area contributed by atoms with Gasteiger partial charge in [0, 0.05) is 24.3 Å². The van der Waals surface area contributed by atoms with Crippen LogP contribution >= 0.6 is 11.8 Å². The summed E-state index contributed by atoms with van der Waals surface area (Å²) in [4.78, 5) is 53.4. The molecule has 30 heavy (non-hydrogen) atoms. The Labute approximate surface area is 178 Å². The second kappa shape index (κ2) is 8.71. The van der Waals surface area contributed by atoms with Crippen LogP contribution in [0.15, 0.2) is 29.2 Å². The zero-order valence-electron chi connectivity index (χ0n) is 17.3. The van der Waals surface area contributed by atoms with Crippen LogP contribution in [-0.2, 0) is 4.79 Å². The van der Waals surface area contributed by atoms with Crippen LogP contribution in [0.25, 0.3) is 6.08 Å². The molecular formula is C22H23N3O4S. The molecule has 1 aliphatic rings. The number of rotatable bonds is 6. The van der Waals surface area contributed by atoms with Crippen molar-refractivity contribution in [2.45, 2.75) is 27.7 Å². The van der Waals surface area contributed by atoms with E-state index in [0.717, 1.165) is 27.8 Å². The number of Topliss-reactive ketones (excluding diaryl/α,β-unsaturated/α-hetero) is 1. The van der Waals surface area contributed by atoms with Gasteiger partial charge in [0.25, 0.3) is 17.1 Å². The second-order valence-electron chi connectivity index (χ2n) is 7.18. The van der Waals surface area contributed by atoms with Crippen LogP contribution in [0.4, 0.5) is 4.79 Å². The lowest BCUT2D eigenvalue weighted by Crippen LogP contribution is -2.37. The molecule has 1 aromatic carbocycles. The quantitative estimate of drug-likeness (QED) is 0.544.